The number of nitrogens with zero attached hydrogens (tertiary/aromatic N) is 2. The summed E-state index contributed by atoms with van der Waals surface area (Å²) in [6, 6.07) is 9.54. The lowest BCUT2D eigenvalue weighted by atomic mass is 10.00. The molecule has 1 aliphatic carbocycles. The minimum Gasteiger partial charge on any atom is -0.760 e. The molecule has 0 radical (unpaired) electrons. The van der Waals surface area contributed by atoms with Crippen LogP contribution in [0.3, 0.4) is 0 Å². The number of nitrogens with one attached hydrogen (secondary N) is 1. The van der Waals surface area contributed by atoms with Gasteiger partial charge in [0.15, 0.2) is 5.60 Å². The summed E-state index contributed by atoms with van der Waals surface area (Å²) in [6.07, 6.45) is 2.32. The Labute approximate surface area is 223 Å². The van der Waals surface area contributed by atoms with E-state index in [-0.39, 0.29) is 43.5 Å². The summed E-state index contributed by atoms with van der Waals surface area (Å²) in [5, 5.41) is 12.7. The molecule has 1 aromatic carbocycles. The third-order valence-corrected chi connectivity index (χ3v) is 7.81. The van der Waals surface area contributed by atoms with Gasteiger partial charge in [-0.3, -0.25) is 9.00 Å². The lowest BCUT2D eigenvalue weighted by Gasteiger charge is -2.27. The highest BCUT2D eigenvalue weighted by Gasteiger charge is 2.33. The second-order valence-electron chi connectivity index (χ2n) is 9.83. The van der Waals surface area contributed by atoms with Crippen molar-refractivity contribution < 1.29 is 32.6 Å². The Kier molecular flexibility index (Phi) is 8.31. The summed E-state index contributed by atoms with van der Waals surface area (Å²) in [7, 11) is 2.88. The fraction of sp³-hybridized carbons (Fsp3) is 0.444. The predicted octanol–water partition coefficient (Wildman–Crippen LogP) is 3.91. The number of carboxylic acids is 1. The number of methoxy groups -OCH3 is 1. The minimum atomic E-state index is -2.56. The highest BCUT2D eigenvalue weighted by molar-refractivity contribution is 7.76. The summed E-state index contributed by atoms with van der Waals surface area (Å²) < 4.78 is 36.7. The second-order valence-corrected chi connectivity index (χ2v) is 10.8. The van der Waals surface area contributed by atoms with Crippen LogP contribution in [0.5, 0.6) is 0 Å². The minimum absolute atomic E-state index is 0.00449. The van der Waals surface area contributed by atoms with Crippen LogP contribution in [-0.4, -0.2) is 61.3 Å². The lowest BCUT2D eigenvalue weighted by molar-refractivity contribution is -0.161. The topological polar surface area (TPSA) is 145 Å². The highest BCUT2D eigenvalue weighted by atomic mass is 32.2. The Morgan fingerprint density at radius 2 is 2.00 bits per heavy atom. The first-order valence-electron chi connectivity index (χ1n) is 12.5. The monoisotopic (exact) mass is 542 g/mol. The summed E-state index contributed by atoms with van der Waals surface area (Å²) in [4.78, 5) is 29.2. The van der Waals surface area contributed by atoms with Crippen LogP contribution in [0.2, 0.25) is 0 Å². The van der Waals surface area contributed by atoms with Crippen molar-refractivity contribution in [2.45, 2.75) is 57.6 Å². The zero-order chi connectivity index (χ0) is 27.6. The number of hydrogen-bond donors (Lipinski definition) is 2. The van der Waals surface area contributed by atoms with Crippen LogP contribution < -0.4 is 5.32 Å². The number of ether oxygens (including phenoxy) is 1. The number of carboxylic acid groups (broad SMARTS) is 1. The number of carbonyl (C=O) groups is 2. The van der Waals surface area contributed by atoms with E-state index in [1.54, 1.807) is 7.05 Å². The van der Waals surface area contributed by atoms with Crippen molar-refractivity contribution in [3.8, 4) is 11.3 Å². The first-order valence-corrected chi connectivity index (χ1v) is 13.5. The van der Waals surface area contributed by atoms with Crippen molar-refractivity contribution in [1.82, 2.24) is 14.6 Å². The third-order valence-electron chi connectivity index (χ3n) is 7.08. The van der Waals surface area contributed by atoms with Crippen LogP contribution >= 0.6 is 0 Å². The maximum Gasteiger partial charge on any atom is 0.335 e. The molecule has 0 aliphatic heterocycles. The zero-order valence-electron chi connectivity index (χ0n) is 21.9. The molecular weight excluding hydrogens is 510 g/mol. The number of furan rings is 1. The standard InChI is InChI=1S/C27H33N3O7S/c1-16-6-8-18(9-7-16)23-22(24(31)28-3)20-14-19(17-10-11-17)21(29-25(20)37-23)15-30(38(34)35)13-5-12-27(2,36-4)26(32)33/h6-9,14,17H,5,10-13,15H2,1-4H3,(H,28,31)(H,32,33)(H,34,35)/p-1. The molecule has 1 amide bonds. The van der Waals surface area contributed by atoms with Gasteiger partial charge in [-0.25, -0.2) is 14.1 Å². The van der Waals surface area contributed by atoms with Crippen molar-refractivity contribution in [2.75, 3.05) is 20.7 Å². The summed E-state index contributed by atoms with van der Waals surface area (Å²) in [5.41, 5.74) is 2.51. The number of aryl methyl sites for hydroxylation is 1. The van der Waals surface area contributed by atoms with Crippen LogP contribution in [0, 0.1) is 6.92 Å². The number of rotatable bonds is 12. The zero-order valence-corrected chi connectivity index (χ0v) is 22.7. The van der Waals surface area contributed by atoms with Crippen LogP contribution in [0.4, 0.5) is 0 Å². The van der Waals surface area contributed by atoms with Crippen LogP contribution in [0.25, 0.3) is 22.4 Å². The summed E-state index contributed by atoms with van der Waals surface area (Å²) in [6.45, 7) is 3.54. The molecule has 11 heteroatoms. The molecule has 2 N–H and O–H groups in total. The Bertz CT molecular complexity index is 1370. The number of aromatic nitrogens is 1. The lowest BCUT2D eigenvalue weighted by Crippen LogP contribution is -2.38. The Morgan fingerprint density at radius 1 is 1.32 bits per heavy atom. The van der Waals surface area contributed by atoms with Gasteiger partial charge in [-0.15, -0.1) is 0 Å². The molecule has 0 saturated heterocycles. The molecule has 2 aromatic heterocycles. The highest BCUT2D eigenvalue weighted by Crippen LogP contribution is 2.44. The maximum atomic E-state index is 12.9. The smallest absolute Gasteiger partial charge is 0.335 e. The number of amides is 1. The Hall–Kier alpha value is -3.12. The van der Waals surface area contributed by atoms with Gasteiger partial charge in [0, 0.05) is 37.5 Å². The molecule has 1 aliphatic rings. The maximum absolute atomic E-state index is 12.9. The number of fused-ring (bicyclic) bond motifs is 1. The number of benzene rings is 1. The van der Waals surface area contributed by atoms with E-state index in [0.717, 1.165) is 29.5 Å². The molecule has 3 aromatic rings. The van der Waals surface area contributed by atoms with E-state index in [9.17, 15) is 23.5 Å². The van der Waals surface area contributed by atoms with Crippen molar-refractivity contribution in [2.24, 2.45) is 0 Å². The van der Waals surface area contributed by atoms with Gasteiger partial charge < -0.3 is 24.1 Å². The van der Waals surface area contributed by atoms with Gasteiger partial charge in [-0.2, -0.15) is 0 Å². The van der Waals surface area contributed by atoms with Gasteiger partial charge in [0.2, 0.25) is 5.71 Å². The van der Waals surface area contributed by atoms with Gasteiger partial charge >= 0.3 is 5.97 Å². The fourth-order valence-electron chi connectivity index (χ4n) is 4.47. The first kappa shape index (κ1) is 27.9. The predicted molar refractivity (Wildman–Crippen MR) is 141 cm³/mol. The number of hydrogen-bond acceptors (Lipinski definition) is 7. The molecule has 204 valence electrons. The average Bonchev–Trinajstić information content (AvgIpc) is 3.67. The molecule has 1 fully saturated rings. The average molecular weight is 543 g/mol. The molecule has 38 heavy (non-hydrogen) atoms. The van der Waals surface area contributed by atoms with E-state index in [4.69, 9.17) is 14.1 Å². The first-order chi connectivity index (χ1) is 18.1. The van der Waals surface area contributed by atoms with Crippen LogP contribution in [0.15, 0.2) is 34.7 Å². The van der Waals surface area contributed by atoms with Gasteiger partial charge in [0.1, 0.15) is 5.76 Å². The molecule has 0 bridgehead atoms. The van der Waals surface area contributed by atoms with Gasteiger partial charge in [-0.05, 0) is 57.1 Å². The van der Waals surface area contributed by atoms with Gasteiger partial charge in [0.05, 0.1) is 23.2 Å². The Morgan fingerprint density at radius 3 is 2.55 bits per heavy atom. The number of aliphatic carboxylic acids is 1. The van der Waals surface area contributed by atoms with Crippen molar-refractivity contribution in [3.63, 3.8) is 0 Å². The molecule has 4 rings (SSSR count). The van der Waals surface area contributed by atoms with Crippen LogP contribution in [-0.2, 0) is 27.3 Å². The van der Waals surface area contributed by atoms with E-state index >= 15 is 0 Å². The third kappa shape index (κ3) is 5.80. The van der Waals surface area contributed by atoms with E-state index < -0.39 is 22.8 Å². The van der Waals surface area contributed by atoms with E-state index in [1.165, 1.54) is 18.3 Å². The second kappa shape index (κ2) is 11.3. The van der Waals surface area contributed by atoms with Crippen molar-refractivity contribution >= 4 is 34.2 Å². The van der Waals surface area contributed by atoms with Gasteiger partial charge in [0.25, 0.3) is 5.91 Å². The SMILES string of the molecule is CNC(=O)c1c(-c2ccc(C)cc2)oc2nc(CN(CCCC(C)(OC)C(=O)O)S(=O)[O-])c(C3CC3)cc12. The van der Waals surface area contributed by atoms with E-state index in [2.05, 4.69) is 5.32 Å². The van der Waals surface area contributed by atoms with Gasteiger partial charge in [-0.1, -0.05) is 29.8 Å². The van der Waals surface area contributed by atoms with Crippen molar-refractivity contribution in [1.29, 1.82) is 0 Å². The molecular formula is C27H32N3O7S-. The molecule has 2 heterocycles. The molecule has 0 spiro atoms. The number of pyridine rings is 1. The Balaban J connectivity index is 1.70. The number of carbonyl (C=O) groups excluding carboxylic acids is 1. The summed E-state index contributed by atoms with van der Waals surface area (Å²) >= 11 is -2.56. The van der Waals surface area contributed by atoms with E-state index in [1.807, 2.05) is 37.3 Å². The van der Waals surface area contributed by atoms with Crippen LogP contribution in [0.1, 0.15) is 65.7 Å². The van der Waals surface area contributed by atoms with Crippen molar-refractivity contribution in [3.05, 3.63) is 52.7 Å². The quantitative estimate of drug-likeness (QED) is 0.328. The molecule has 2 unspecified atom stereocenters. The molecule has 2 atom stereocenters. The molecule has 10 nitrogen and oxygen atoms in total. The molecule has 1 saturated carbocycles. The fourth-order valence-corrected chi connectivity index (χ4v) is 4.98. The summed E-state index contributed by atoms with van der Waals surface area (Å²) in [5.74, 6) is -0.769. The largest absolute Gasteiger partial charge is 0.760 e. The normalized spacial score (nSPS) is 15.9. The van der Waals surface area contributed by atoms with E-state index in [0.29, 0.717) is 22.4 Å².